The average Bonchev–Trinajstić information content (AvgIpc) is 3.06. The number of pyridine rings is 2. The number of aromatic hydroxyl groups is 1. The molecule has 1 aromatic carbocycles. The molecule has 27 heavy (non-hydrogen) atoms. The van der Waals surface area contributed by atoms with Gasteiger partial charge < -0.3 is 9.67 Å². The number of fused-ring (bicyclic) bond motifs is 1. The zero-order valence-electron chi connectivity index (χ0n) is 14.3. The van der Waals surface area contributed by atoms with Crippen LogP contribution < -0.4 is 11.1 Å². The first kappa shape index (κ1) is 16.5. The van der Waals surface area contributed by atoms with Crippen LogP contribution in [-0.4, -0.2) is 31.1 Å². The Morgan fingerprint density at radius 1 is 1.11 bits per heavy atom. The fourth-order valence-corrected chi connectivity index (χ4v) is 2.95. The standard InChI is InChI=1S/C19H15N5O3/c1-24-13-7-3-2-6-11(13)17(25)15(19(24)27)16-12(18(26)23-22-16)10-21-14-8-4-5-9-20-14/h2-10,25H,1H3,(H2,22,23,26)/b21-10+. The van der Waals surface area contributed by atoms with Gasteiger partial charge >= 0.3 is 0 Å². The summed E-state index contributed by atoms with van der Waals surface area (Å²) in [5.74, 6) is 0.219. The van der Waals surface area contributed by atoms with Gasteiger partial charge in [0.25, 0.3) is 11.1 Å². The van der Waals surface area contributed by atoms with Crippen LogP contribution in [-0.2, 0) is 7.05 Å². The highest BCUT2D eigenvalue weighted by Gasteiger charge is 2.21. The topological polar surface area (TPSA) is 116 Å². The van der Waals surface area contributed by atoms with E-state index < -0.39 is 11.1 Å². The van der Waals surface area contributed by atoms with Crippen molar-refractivity contribution in [2.75, 3.05) is 0 Å². The Hall–Kier alpha value is -3.94. The van der Waals surface area contributed by atoms with Crippen LogP contribution in [0.3, 0.4) is 0 Å². The Morgan fingerprint density at radius 3 is 2.67 bits per heavy atom. The lowest BCUT2D eigenvalue weighted by Gasteiger charge is -2.11. The van der Waals surface area contributed by atoms with E-state index in [1.165, 1.54) is 10.8 Å². The smallest absolute Gasteiger partial charge is 0.273 e. The molecular formula is C19H15N5O3. The summed E-state index contributed by atoms with van der Waals surface area (Å²) in [5.41, 5.74) is -0.0116. The van der Waals surface area contributed by atoms with E-state index in [0.29, 0.717) is 16.7 Å². The molecule has 0 aliphatic heterocycles. The second-order valence-electron chi connectivity index (χ2n) is 5.92. The molecule has 0 aliphatic rings. The third-order valence-corrected chi connectivity index (χ3v) is 4.32. The van der Waals surface area contributed by atoms with Gasteiger partial charge in [-0.25, -0.2) is 9.98 Å². The molecule has 0 saturated carbocycles. The first-order valence-corrected chi connectivity index (χ1v) is 8.14. The summed E-state index contributed by atoms with van der Waals surface area (Å²) >= 11 is 0. The molecule has 4 aromatic rings. The van der Waals surface area contributed by atoms with E-state index in [9.17, 15) is 14.7 Å². The van der Waals surface area contributed by atoms with Crippen LogP contribution >= 0.6 is 0 Å². The van der Waals surface area contributed by atoms with Crippen LogP contribution in [0.15, 0.2) is 63.2 Å². The molecule has 4 rings (SSSR count). The van der Waals surface area contributed by atoms with Crippen molar-refractivity contribution in [2.45, 2.75) is 0 Å². The van der Waals surface area contributed by atoms with Gasteiger partial charge in [-0.3, -0.25) is 19.8 Å². The molecule has 8 heteroatoms. The number of aliphatic imine (C=N–C) groups is 1. The number of aryl methyl sites for hydroxylation is 1. The number of aromatic nitrogens is 4. The summed E-state index contributed by atoms with van der Waals surface area (Å²) in [5, 5.41) is 16.3. The van der Waals surface area contributed by atoms with Gasteiger partial charge in [-0.2, -0.15) is 0 Å². The molecule has 0 unspecified atom stereocenters. The molecule has 0 aliphatic carbocycles. The highest BCUT2D eigenvalue weighted by molar-refractivity contribution is 5.96. The Labute approximate surface area is 152 Å². The van der Waals surface area contributed by atoms with Crippen molar-refractivity contribution >= 4 is 22.9 Å². The molecule has 0 spiro atoms. The van der Waals surface area contributed by atoms with Crippen molar-refractivity contribution in [1.82, 2.24) is 19.7 Å². The minimum absolute atomic E-state index is 0.00276. The Bertz CT molecular complexity index is 1280. The number of benzene rings is 1. The van der Waals surface area contributed by atoms with E-state index in [1.54, 1.807) is 55.7 Å². The Morgan fingerprint density at radius 2 is 1.89 bits per heavy atom. The second kappa shape index (κ2) is 6.41. The lowest BCUT2D eigenvalue weighted by Crippen LogP contribution is -2.20. The molecule has 0 fully saturated rings. The van der Waals surface area contributed by atoms with E-state index in [1.807, 2.05) is 0 Å². The summed E-state index contributed by atoms with van der Waals surface area (Å²) in [4.78, 5) is 33.3. The number of hydrogen-bond donors (Lipinski definition) is 3. The van der Waals surface area contributed by atoms with Gasteiger partial charge in [-0.15, -0.1) is 0 Å². The second-order valence-corrected chi connectivity index (χ2v) is 5.92. The first-order valence-electron chi connectivity index (χ1n) is 8.14. The molecular weight excluding hydrogens is 346 g/mol. The highest BCUT2D eigenvalue weighted by atomic mass is 16.3. The van der Waals surface area contributed by atoms with Crippen molar-refractivity contribution in [3.8, 4) is 17.0 Å². The van der Waals surface area contributed by atoms with Crippen LogP contribution in [0.1, 0.15) is 5.56 Å². The summed E-state index contributed by atoms with van der Waals surface area (Å²) in [7, 11) is 1.61. The van der Waals surface area contributed by atoms with Gasteiger partial charge in [0.2, 0.25) is 0 Å². The number of para-hydroxylation sites is 1. The zero-order valence-corrected chi connectivity index (χ0v) is 14.3. The monoisotopic (exact) mass is 361 g/mol. The predicted octanol–water partition coefficient (Wildman–Crippen LogP) is 2.07. The maximum atomic E-state index is 12.8. The van der Waals surface area contributed by atoms with Gasteiger partial charge in [-0.05, 0) is 24.3 Å². The number of H-pyrrole nitrogens is 2. The van der Waals surface area contributed by atoms with Crippen LogP contribution in [0.25, 0.3) is 22.2 Å². The molecule has 0 atom stereocenters. The third-order valence-electron chi connectivity index (χ3n) is 4.32. The van der Waals surface area contributed by atoms with E-state index in [-0.39, 0.29) is 22.6 Å². The van der Waals surface area contributed by atoms with Crippen molar-refractivity contribution in [1.29, 1.82) is 0 Å². The molecule has 3 heterocycles. The molecule has 3 N–H and O–H groups in total. The number of nitrogens with zero attached hydrogens (tertiary/aromatic N) is 3. The quantitative estimate of drug-likeness (QED) is 0.484. The molecule has 3 aromatic heterocycles. The zero-order chi connectivity index (χ0) is 19.0. The summed E-state index contributed by atoms with van der Waals surface area (Å²) in [6, 6.07) is 12.2. The lowest BCUT2D eigenvalue weighted by molar-refractivity contribution is 0.481. The number of rotatable bonds is 3. The van der Waals surface area contributed by atoms with Crippen molar-refractivity contribution in [2.24, 2.45) is 12.0 Å². The van der Waals surface area contributed by atoms with E-state index in [4.69, 9.17) is 0 Å². The molecule has 134 valence electrons. The molecule has 8 nitrogen and oxygen atoms in total. The van der Waals surface area contributed by atoms with E-state index in [2.05, 4.69) is 20.2 Å². The highest BCUT2D eigenvalue weighted by Crippen LogP contribution is 2.32. The predicted molar refractivity (Wildman–Crippen MR) is 103 cm³/mol. The summed E-state index contributed by atoms with van der Waals surface area (Å²) in [6.07, 6.45) is 2.90. The maximum absolute atomic E-state index is 12.8. The summed E-state index contributed by atoms with van der Waals surface area (Å²) in [6.45, 7) is 0. The van der Waals surface area contributed by atoms with Gasteiger partial charge in [0.1, 0.15) is 11.3 Å². The van der Waals surface area contributed by atoms with Crippen molar-refractivity contribution in [3.05, 3.63) is 74.9 Å². The fraction of sp³-hybridized carbons (Fsp3) is 0.0526. The number of hydrogen-bond acceptors (Lipinski definition) is 5. The van der Waals surface area contributed by atoms with Gasteiger partial charge in [0.05, 0.1) is 16.8 Å². The molecule has 0 bridgehead atoms. The van der Waals surface area contributed by atoms with Crippen LogP contribution in [0.5, 0.6) is 5.75 Å². The SMILES string of the molecule is Cn1c(=O)c(-c2[nH][nH]c(=O)c2/C=N/c2ccccn2)c(O)c2ccccc21. The Balaban J connectivity index is 1.95. The molecule has 0 amide bonds. The fourth-order valence-electron chi connectivity index (χ4n) is 2.95. The van der Waals surface area contributed by atoms with E-state index >= 15 is 0 Å². The minimum Gasteiger partial charge on any atom is -0.506 e. The van der Waals surface area contributed by atoms with Gasteiger partial charge in [-0.1, -0.05) is 18.2 Å². The largest absolute Gasteiger partial charge is 0.506 e. The van der Waals surface area contributed by atoms with Gasteiger partial charge in [0, 0.05) is 24.8 Å². The molecule has 0 radical (unpaired) electrons. The van der Waals surface area contributed by atoms with Crippen LogP contribution in [0.2, 0.25) is 0 Å². The van der Waals surface area contributed by atoms with Crippen LogP contribution in [0, 0.1) is 0 Å². The minimum atomic E-state index is -0.459. The number of nitrogens with one attached hydrogen (secondary N) is 2. The summed E-state index contributed by atoms with van der Waals surface area (Å²) < 4.78 is 1.43. The maximum Gasteiger partial charge on any atom is 0.273 e. The lowest BCUT2D eigenvalue weighted by atomic mass is 10.1. The van der Waals surface area contributed by atoms with E-state index in [0.717, 1.165) is 0 Å². The van der Waals surface area contributed by atoms with Crippen molar-refractivity contribution in [3.63, 3.8) is 0 Å². The number of aromatic amines is 2. The third kappa shape index (κ3) is 2.73. The average molecular weight is 361 g/mol. The molecule has 0 saturated heterocycles. The van der Waals surface area contributed by atoms with Gasteiger partial charge in [0.15, 0.2) is 5.82 Å². The first-order chi connectivity index (χ1) is 13.1. The normalized spacial score (nSPS) is 11.4. The van der Waals surface area contributed by atoms with Crippen molar-refractivity contribution < 1.29 is 5.11 Å². The van der Waals surface area contributed by atoms with Crippen LogP contribution in [0.4, 0.5) is 5.82 Å². The Kier molecular flexibility index (Phi) is 3.92.